The van der Waals surface area contributed by atoms with Crippen molar-refractivity contribution in [2.45, 2.75) is 109 Å². The lowest BCUT2D eigenvalue weighted by atomic mass is 9.86. The van der Waals surface area contributed by atoms with Crippen LogP contribution in [-0.4, -0.2) is 40.8 Å². The van der Waals surface area contributed by atoms with E-state index in [2.05, 4.69) is 69.1 Å². The van der Waals surface area contributed by atoms with Crippen molar-refractivity contribution in [2.75, 3.05) is 13.2 Å². The Hall–Kier alpha value is -3.02. The van der Waals surface area contributed by atoms with E-state index in [1.54, 1.807) is 15.4 Å². The van der Waals surface area contributed by atoms with Crippen LogP contribution in [0.2, 0.25) is 19.6 Å². The fourth-order valence-electron chi connectivity index (χ4n) is 6.14. The molecule has 49 heavy (non-hydrogen) atoms. The molecule has 0 radical (unpaired) electrons. The summed E-state index contributed by atoms with van der Waals surface area (Å²) < 4.78 is 43.5. The molecule has 0 spiro atoms. The van der Waals surface area contributed by atoms with Gasteiger partial charge in [-0.05, 0) is 101 Å². The number of rotatable bonds is 2. The topological polar surface area (TPSA) is 54.1 Å². The lowest BCUT2D eigenvalue weighted by molar-refractivity contribution is -0.0376. The lowest BCUT2D eigenvalue weighted by Crippen LogP contribution is -2.19. The van der Waals surface area contributed by atoms with Gasteiger partial charge < -0.3 is 9.47 Å². The van der Waals surface area contributed by atoms with E-state index in [9.17, 15) is 8.78 Å². The van der Waals surface area contributed by atoms with E-state index in [4.69, 9.17) is 9.47 Å². The number of benzene rings is 2. The van der Waals surface area contributed by atoms with Crippen molar-refractivity contribution >= 4 is 45.8 Å². The summed E-state index contributed by atoms with van der Waals surface area (Å²) in [6.07, 6.45) is 13.6. The maximum atomic E-state index is 14.2. The molecule has 0 amide bonds. The van der Waals surface area contributed by atoms with Crippen molar-refractivity contribution in [1.82, 2.24) is 19.6 Å². The normalized spacial score (nSPS) is 21.1. The Bertz CT molecular complexity index is 1860. The summed E-state index contributed by atoms with van der Waals surface area (Å²) in [6.45, 7) is 8.36. The fourth-order valence-corrected chi connectivity index (χ4v) is 7.14. The predicted molar refractivity (Wildman–Crippen MR) is 197 cm³/mol. The second-order valence-electron chi connectivity index (χ2n) is 14.6. The van der Waals surface area contributed by atoms with Gasteiger partial charge in [0.1, 0.15) is 8.07 Å². The van der Waals surface area contributed by atoms with Gasteiger partial charge in [-0.25, -0.2) is 9.36 Å². The average molecular weight is 750 g/mol. The molecule has 10 heteroatoms. The van der Waals surface area contributed by atoms with E-state index in [-0.39, 0.29) is 12.5 Å². The van der Waals surface area contributed by atoms with Gasteiger partial charge >= 0.3 is 0 Å². The largest absolute Gasteiger partial charge is 0.356 e. The molecule has 2 aliphatic carbocycles. The molecule has 2 aliphatic heterocycles. The third kappa shape index (κ3) is 9.41. The van der Waals surface area contributed by atoms with Crippen LogP contribution in [0.4, 0.5) is 8.78 Å². The Morgan fingerprint density at radius 2 is 1.22 bits per heavy atom. The van der Waals surface area contributed by atoms with Crippen molar-refractivity contribution < 1.29 is 18.3 Å². The molecule has 4 aliphatic rings. The van der Waals surface area contributed by atoms with E-state index in [1.165, 1.54) is 38.5 Å². The third-order valence-corrected chi connectivity index (χ3v) is 10.8. The van der Waals surface area contributed by atoms with Gasteiger partial charge in [-0.3, -0.25) is 0 Å². The Balaban J connectivity index is 0.000000137. The van der Waals surface area contributed by atoms with Gasteiger partial charge in [-0.2, -0.15) is 8.78 Å². The summed E-state index contributed by atoms with van der Waals surface area (Å²) in [5.74, 6) is 10.2. The van der Waals surface area contributed by atoms with Crippen molar-refractivity contribution in [3.63, 3.8) is 0 Å². The molecule has 8 rings (SSSR count). The first-order chi connectivity index (χ1) is 23.6. The number of aromatic nitrogens is 4. The van der Waals surface area contributed by atoms with Crippen LogP contribution < -0.4 is 0 Å². The molecule has 6 nitrogen and oxygen atoms in total. The number of ether oxygens (including phenoxy) is 2. The second-order valence-corrected chi connectivity index (χ2v) is 20.2. The van der Waals surface area contributed by atoms with E-state index in [0.717, 1.165) is 78.7 Å². The molecule has 2 atom stereocenters. The zero-order chi connectivity index (χ0) is 34.4. The van der Waals surface area contributed by atoms with Crippen molar-refractivity contribution in [3.05, 3.63) is 58.3 Å². The minimum atomic E-state index is -1.06. The predicted octanol–water partition coefficient (Wildman–Crippen LogP) is 10.3. The molecule has 0 N–H and O–H groups in total. The van der Waals surface area contributed by atoms with Crippen molar-refractivity contribution in [3.8, 4) is 23.3 Å². The first-order valence-electron chi connectivity index (χ1n) is 17.9. The molecule has 2 unspecified atom stereocenters. The molecular weight excluding hydrogens is 702 g/mol. The van der Waals surface area contributed by atoms with Gasteiger partial charge in [-0.15, -0.1) is 21.7 Å². The fraction of sp³-hybridized carbons (Fsp3) is 0.538. The van der Waals surface area contributed by atoms with Crippen LogP contribution in [-0.2, 0) is 9.47 Å². The maximum absolute atomic E-state index is 14.2. The van der Waals surface area contributed by atoms with Crippen LogP contribution in [0.1, 0.15) is 95.1 Å². The summed E-state index contributed by atoms with van der Waals surface area (Å²) in [5, 5.41) is 9.08. The molecule has 4 heterocycles. The minimum Gasteiger partial charge on any atom is -0.356 e. The number of hydrogen-bond acceptors (Lipinski definition) is 4. The zero-order valence-corrected chi connectivity index (χ0v) is 31.5. The van der Waals surface area contributed by atoms with Crippen LogP contribution in [0, 0.1) is 47.0 Å². The van der Waals surface area contributed by atoms with E-state index < -0.39 is 20.0 Å². The smallest absolute Gasteiger partial charge is 0.240 e. The maximum Gasteiger partial charge on any atom is 0.240 e. The first kappa shape index (κ1) is 35.8. The van der Waals surface area contributed by atoms with E-state index in [1.807, 2.05) is 30.3 Å². The molecule has 4 aromatic rings. The van der Waals surface area contributed by atoms with Crippen LogP contribution in [0.25, 0.3) is 21.8 Å². The highest BCUT2D eigenvalue weighted by Gasteiger charge is 2.23. The van der Waals surface area contributed by atoms with Crippen molar-refractivity contribution in [1.29, 1.82) is 0 Å². The van der Waals surface area contributed by atoms with Gasteiger partial charge in [0.05, 0.1) is 21.8 Å². The van der Waals surface area contributed by atoms with Crippen LogP contribution in [0.5, 0.6) is 0 Å². The SMILES string of the molecule is C[Si](C)(C)C#CC1CCC1.Fc1nn(C2CCCCO2)c2ccc(Br)cc12.Fc1nn(C2CCCCO2)c2ccc(C#CC3CCC3)cc12. The van der Waals surface area contributed by atoms with Crippen LogP contribution >= 0.6 is 15.9 Å². The summed E-state index contributed by atoms with van der Waals surface area (Å²) in [7, 11) is -1.06. The Morgan fingerprint density at radius 3 is 1.71 bits per heavy atom. The number of hydrogen-bond donors (Lipinski definition) is 0. The van der Waals surface area contributed by atoms with Crippen molar-refractivity contribution in [2.24, 2.45) is 11.8 Å². The molecule has 2 saturated carbocycles. The summed E-state index contributed by atoms with van der Waals surface area (Å²) in [4.78, 5) is 0. The molecular formula is C39H47BrF2N4O2Si. The summed E-state index contributed by atoms with van der Waals surface area (Å²) in [5.41, 5.74) is 5.86. The molecule has 2 aromatic carbocycles. The Morgan fingerprint density at radius 1 is 0.694 bits per heavy atom. The zero-order valence-electron chi connectivity index (χ0n) is 28.9. The first-order valence-corrected chi connectivity index (χ1v) is 22.2. The molecule has 2 saturated heterocycles. The summed E-state index contributed by atoms with van der Waals surface area (Å²) >= 11 is 3.34. The standard InChI is InChI=1S/C18H19FN2O.C12H12BrFN2O.C9H16Si/c19-18-15-12-14(8-7-13-4-3-5-13)9-10-16(15)21(20-18)17-6-1-2-11-22-17;13-8-4-5-10-9(7-8)12(14)15-16(10)11-3-1-2-6-17-11;1-10(2,3)8-7-9-5-4-6-9/h9-10,12-13,17H,1-6,11H2;4-5,7,11H,1-3,6H2;9H,4-6H2,1-3H3. The Kier molecular flexibility index (Phi) is 11.9. The molecule has 0 bridgehead atoms. The quantitative estimate of drug-likeness (QED) is 0.151. The molecule has 2 aromatic heterocycles. The average Bonchev–Trinajstić information content (AvgIpc) is 3.56. The van der Waals surface area contributed by atoms with Gasteiger partial charge in [0.15, 0.2) is 12.5 Å². The second kappa shape index (κ2) is 16.3. The highest BCUT2D eigenvalue weighted by molar-refractivity contribution is 9.10. The van der Waals surface area contributed by atoms with Crippen LogP contribution in [0.15, 0.2) is 40.9 Å². The van der Waals surface area contributed by atoms with E-state index >= 15 is 0 Å². The van der Waals surface area contributed by atoms with Gasteiger partial charge in [0.25, 0.3) is 0 Å². The van der Waals surface area contributed by atoms with Gasteiger partial charge in [-0.1, -0.05) is 60.3 Å². The third-order valence-electron chi connectivity index (χ3n) is 9.42. The molecule has 260 valence electrons. The number of nitrogens with zero attached hydrogens (tertiary/aromatic N) is 4. The monoisotopic (exact) mass is 748 g/mol. The summed E-state index contributed by atoms with van der Waals surface area (Å²) in [6, 6.07) is 11.2. The Labute approximate surface area is 298 Å². The van der Waals surface area contributed by atoms with E-state index in [0.29, 0.717) is 16.7 Å². The highest BCUT2D eigenvalue weighted by Crippen LogP contribution is 2.31. The lowest BCUT2D eigenvalue weighted by Gasteiger charge is -2.23. The highest BCUT2D eigenvalue weighted by atomic mass is 79.9. The minimum absolute atomic E-state index is 0.128. The molecule has 4 fully saturated rings. The van der Waals surface area contributed by atoms with Gasteiger partial charge in [0, 0.05) is 35.1 Å². The van der Waals surface area contributed by atoms with Crippen LogP contribution in [0.3, 0.4) is 0 Å². The van der Waals surface area contributed by atoms with Gasteiger partial charge in [0.2, 0.25) is 11.9 Å². The number of fused-ring (bicyclic) bond motifs is 2. The number of halogens is 3.